The fraction of sp³-hybridized carbons (Fsp3) is 0.667. The largest absolute Gasteiger partial charge is 0.444 e. The van der Waals surface area contributed by atoms with Gasteiger partial charge in [-0.15, -0.1) is 0 Å². The summed E-state index contributed by atoms with van der Waals surface area (Å²) in [5.41, 5.74) is 12.6. The summed E-state index contributed by atoms with van der Waals surface area (Å²) in [5, 5.41) is 7.25. The maximum Gasteiger partial charge on any atom is 0.410 e. The number of benzene rings is 1. The van der Waals surface area contributed by atoms with Crippen LogP contribution in [0, 0.1) is 6.92 Å². The molecule has 30 heavy (non-hydrogen) atoms. The third-order valence-electron chi connectivity index (χ3n) is 5.51. The molecule has 0 spiro atoms. The van der Waals surface area contributed by atoms with Gasteiger partial charge in [-0.25, -0.2) is 4.79 Å². The summed E-state index contributed by atoms with van der Waals surface area (Å²) in [6.45, 7) is 15.2. The Morgan fingerprint density at radius 1 is 1.17 bits per heavy atom. The summed E-state index contributed by atoms with van der Waals surface area (Å²) in [6.07, 6.45) is -0.246. The number of ether oxygens (including phenoxy) is 1. The van der Waals surface area contributed by atoms with Crippen molar-refractivity contribution in [2.24, 2.45) is 5.11 Å². The van der Waals surface area contributed by atoms with E-state index in [1.54, 1.807) is 4.90 Å². The van der Waals surface area contributed by atoms with Crippen molar-refractivity contribution in [3.8, 4) is 0 Å². The molecule has 0 saturated carbocycles. The Balaban J connectivity index is 1.70. The maximum atomic E-state index is 12.3. The molecule has 2 aliphatic heterocycles. The molecule has 2 fully saturated rings. The van der Waals surface area contributed by atoms with Crippen LogP contribution in [0.15, 0.2) is 17.2 Å². The lowest BCUT2D eigenvalue weighted by molar-refractivity contribution is 0.0139. The summed E-state index contributed by atoms with van der Waals surface area (Å²) in [5.74, 6) is 0. The number of hydrogen-bond donors (Lipinski definition) is 1. The molecule has 1 amide bonds. The molecule has 2 heterocycles. The number of azide groups is 1. The van der Waals surface area contributed by atoms with Crippen molar-refractivity contribution in [3.63, 3.8) is 0 Å². The smallest absolute Gasteiger partial charge is 0.410 e. The molecule has 0 radical (unpaired) electrons. The van der Waals surface area contributed by atoms with Crippen LogP contribution < -0.4 is 10.2 Å². The van der Waals surface area contributed by atoms with Crippen molar-refractivity contribution >= 4 is 17.5 Å². The minimum Gasteiger partial charge on any atom is -0.444 e. The van der Waals surface area contributed by atoms with Gasteiger partial charge >= 0.3 is 6.09 Å². The fourth-order valence-electron chi connectivity index (χ4n) is 3.91. The first-order valence-corrected chi connectivity index (χ1v) is 10.6. The van der Waals surface area contributed by atoms with Gasteiger partial charge in [0.2, 0.25) is 0 Å². The number of nitrogens with one attached hydrogen (secondary N) is 1. The fourth-order valence-corrected chi connectivity index (χ4v) is 3.91. The van der Waals surface area contributed by atoms with Gasteiger partial charge in [0.05, 0.1) is 0 Å². The van der Waals surface area contributed by atoms with Crippen LogP contribution in [-0.2, 0) is 11.3 Å². The van der Waals surface area contributed by atoms with E-state index in [1.165, 1.54) is 11.1 Å². The van der Waals surface area contributed by atoms with Crippen molar-refractivity contribution in [2.75, 3.05) is 57.3 Å². The minimum atomic E-state index is -0.479. The van der Waals surface area contributed by atoms with Gasteiger partial charge in [-0.3, -0.25) is 4.90 Å². The van der Waals surface area contributed by atoms with Crippen molar-refractivity contribution in [3.05, 3.63) is 33.7 Å². The average molecular weight is 416 g/mol. The second kappa shape index (κ2) is 9.55. The third-order valence-corrected chi connectivity index (χ3v) is 5.51. The predicted molar refractivity (Wildman–Crippen MR) is 118 cm³/mol. The van der Waals surface area contributed by atoms with Gasteiger partial charge in [0, 0.05) is 75.2 Å². The normalized spacial score (nSPS) is 18.1. The van der Waals surface area contributed by atoms with Gasteiger partial charge in [0.15, 0.2) is 0 Å². The van der Waals surface area contributed by atoms with E-state index in [0.29, 0.717) is 18.8 Å². The van der Waals surface area contributed by atoms with E-state index >= 15 is 0 Å². The molecule has 0 unspecified atom stereocenters. The monoisotopic (exact) mass is 415 g/mol. The molecule has 0 aliphatic carbocycles. The lowest BCUT2D eigenvalue weighted by Gasteiger charge is -2.36. The number of rotatable bonds is 4. The second-order valence-electron chi connectivity index (χ2n) is 8.92. The zero-order chi connectivity index (χ0) is 21.7. The Kier molecular flexibility index (Phi) is 7.07. The van der Waals surface area contributed by atoms with E-state index in [-0.39, 0.29) is 6.09 Å². The molecule has 1 aromatic carbocycles. The molecular weight excluding hydrogens is 382 g/mol. The summed E-state index contributed by atoms with van der Waals surface area (Å²) in [4.78, 5) is 21.8. The molecule has 9 nitrogen and oxygen atoms in total. The van der Waals surface area contributed by atoms with Crippen LogP contribution in [0.4, 0.5) is 16.2 Å². The van der Waals surface area contributed by atoms with Crippen molar-refractivity contribution < 1.29 is 9.53 Å². The number of carbonyl (C=O) groups excluding carboxylic acids is 1. The standard InChI is InChI=1S/C21H33N7O2/c1-16-17(13-18(24-25-22)14-19(16)27-7-5-23-6-8-27)15-26-9-11-28(12-10-26)20(29)30-21(2,3)4/h13-14,23H,5-12,15H2,1-4H3. The summed E-state index contributed by atoms with van der Waals surface area (Å²) >= 11 is 0. The molecule has 164 valence electrons. The first-order chi connectivity index (χ1) is 14.3. The zero-order valence-corrected chi connectivity index (χ0v) is 18.5. The van der Waals surface area contributed by atoms with E-state index in [4.69, 9.17) is 10.3 Å². The third kappa shape index (κ3) is 5.78. The Morgan fingerprint density at radius 3 is 2.43 bits per heavy atom. The van der Waals surface area contributed by atoms with Crippen LogP contribution in [0.2, 0.25) is 0 Å². The first kappa shape index (κ1) is 22.2. The second-order valence-corrected chi connectivity index (χ2v) is 8.92. The van der Waals surface area contributed by atoms with Gasteiger partial charge in [-0.2, -0.15) is 0 Å². The van der Waals surface area contributed by atoms with Crippen LogP contribution in [0.25, 0.3) is 10.4 Å². The lowest BCUT2D eigenvalue weighted by atomic mass is 10.0. The van der Waals surface area contributed by atoms with Crippen molar-refractivity contribution in [2.45, 2.75) is 39.8 Å². The van der Waals surface area contributed by atoms with Crippen LogP contribution in [0.1, 0.15) is 31.9 Å². The van der Waals surface area contributed by atoms with Crippen LogP contribution in [0.5, 0.6) is 0 Å². The van der Waals surface area contributed by atoms with E-state index in [0.717, 1.165) is 51.5 Å². The molecule has 1 aromatic rings. The molecule has 3 rings (SSSR count). The molecule has 0 aromatic heterocycles. The van der Waals surface area contributed by atoms with E-state index in [2.05, 4.69) is 32.1 Å². The highest BCUT2D eigenvalue weighted by Crippen LogP contribution is 2.31. The highest BCUT2D eigenvalue weighted by molar-refractivity contribution is 5.68. The highest BCUT2D eigenvalue weighted by atomic mass is 16.6. The number of anilines is 1. The quantitative estimate of drug-likeness (QED) is 0.462. The topological polar surface area (TPSA) is 96.8 Å². The maximum absolute atomic E-state index is 12.3. The summed E-state index contributed by atoms with van der Waals surface area (Å²) in [6, 6.07) is 3.98. The zero-order valence-electron chi connectivity index (χ0n) is 18.5. The van der Waals surface area contributed by atoms with E-state index in [9.17, 15) is 4.79 Å². The Bertz CT molecular complexity index is 800. The van der Waals surface area contributed by atoms with Crippen molar-refractivity contribution in [1.82, 2.24) is 15.1 Å². The Morgan fingerprint density at radius 2 is 1.83 bits per heavy atom. The highest BCUT2D eigenvalue weighted by Gasteiger charge is 2.26. The van der Waals surface area contributed by atoms with Crippen molar-refractivity contribution in [1.29, 1.82) is 0 Å². The molecular formula is C21H33N7O2. The predicted octanol–water partition coefficient (Wildman–Crippen LogP) is 3.40. The van der Waals surface area contributed by atoms with Gasteiger partial charge < -0.3 is 19.9 Å². The van der Waals surface area contributed by atoms with E-state index in [1.807, 2.05) is 32.9 Å². The van der Waals surface area contributed by atoms with Gasteiger partial charge in [-0.1, -0.05) is 5.11 Å². The van der Waals surface area contributed by atoms with Gasteiger partial charge in [0.1, 0.15) is 5.60 Å². The van der Waals surface area contributed by atoms with E-state index < -0.39 is 5.60 Å². The number of piperazine rings is 2. The molecule has 0 bridgehead atoms. The van der Waals surface area contributed by atoms with Gasteiger partial charge in [-0.05, 0) is 56.5 Å². The average Bonchev–Trinajstić information content (AvgIpc) is 2.70. The Hall–Kier alpha value is -2.48. The van der Waals surface area contributed by atoms with Crippen LogP contribution >= 0.6 is 0 Å². The molecule has 2 aliphatic rings. The van der Waals surface area contributed by atoms with Gasteiger partial charge in [0.25, 0.3) is 0 Å². The molecule has 2 saturated heterocycles. The minimum absolute atomic E-state index is 0.246. The molecule has 9 heteroatoms. The molecule has 1 N–H and O–H groups in total. The summed E-state index contributed by atoms with van der Waals surface area (Å²) in [7, 11) is 0. The Labute approximate surface area is 178 Å². The number of carbonyl (C=O) groups is 1. The number of nitrogens with zero attached hydrogens (tertiary/aromatic N) is 6. The number of amides is 1. The number of hydrogen-bond acceptors (Lipinski definition) is 6. The lowest BCUT2D eigenvalue weighted by Crippen LogP contribution is -2.49. The summed E-state index contributed by atoms with van der Waals surface area (Å²) < 4.78 is 5.49. The van der Waals surface area contributed by atoms with Crippen LogP contribution in [0.3, 0.4) is 0 Å². The first-order valence-electron chi connectivity index (χ1n) is 10.6. The molecule has 0 atom stereocenters. The SMILES string of the molecule is Cc1c(CN2CCN(C(=O)OC(C)(C)C)CC2)cc(N=[N+]=[N-])cc1N1CCNCC1. The van der Waals surface area contributed by atoms with Crippen LogP contribution in [-0.4, -0.2) is 73.9 Å².